The average molecular weight is 252 g/mol. The zero-order valence-corrected chi connectivity index (χ0v) is 11.1. The van der Waals surface area contributed by atoms with Crippen LogP contribution in [0.3, 0.4) is 0 Å². The molecule has 0 aliphatic rings. The molecule has 0 unspecified atom stereocenters. The average Bonchev–Trinajstić information content (AvgIpc) is 2.28. The molecule has 1 rings (SSSR count). The molecule has 0 radical (unpaired) electrons. The van der Waals surface area contributed by atoms with Crippen molar-refractivity contribution in [2.45, 2.75) is 6.42 Å². The number of carboxylic acid groups (broad SMARTS) is 1. The minimum absolute atomic E-state index is 0.0967. The van der Waals surface area contributed by atoms with Crippen molar-refractivity contribution in [3.8, 4) is 0 Å². The molecule has 0 aliphatic heterocycles. The first-order valence-corrected chi connectivity index (χ1v) is 5.77. The van der Waals surface area contributed by atoms with Gasteiger partial charge in [0.25, 0.3) is 0 Å². The van der Waals surface area contributed by atoms with E-state index in [4.69, 9.17) is 10.8 Å². The highest BCUT2D eigenvalue weighted by atomic mass is 16.4. The molecule has 1 aromatic heterocycles. The Kier molecular flexibility index (Phi) is 4.91. The molecule has 6 heteroatoms. The van der Waals surface area contributed by atoms with Crippen LogP contribution in [0.5, 0.6) is 0 Å². The van der Waals surface area contributed by atoms with Gasteiger partial charge >= 0.3 is 5.97 Å². The molecule has 1 heterocycles. The lowest BCUT2D eigenvalue weighted by Crippen LogP contribution is -2.25. The van der Waals surface area contributed by atoms with Crippen LogP contribution < -0.4 is 10.6 Å². The fourth-order valence-corrected chi connectivity index (χ4v) is 1.68. The summed E-state index contributed by atoms with van der Waals surface area (Å²) < 4.78 is 0. The van der Waals surface area contributed by atoms with Crippen LogP contribution in [0.25, 0.3) is 0 Å². The minimum Gasteiger partial charge on any atom is -0.478 e. The molecule has 0 fully saturated rings. The van der Waals surface area contributed by atoms with Crippen LogP contribution in [0, 0.1) is 0 Å². The van der Waals surface area contributed by atoms with E-state index in [2.05, 4.69) is 9.88 Å². The molecule has 0 aromatic carbocycles. The SMILES string of the molecule is CN(C)CCCN(C)c1nccc(C(=O)O)c1N. The van der Waals surface area contributed by atoms with Gasteiger partial charge in [0.2, 0.25) is 0 Å². The largest absolute Gasteiger partial charge is 0.478 e. The Hall–Kier alpha value is -1.82. The monoisotopic (exact) mass is 252 g/mol. The Labute approximate surface area is 107 Å². The second-order valence-electron chi connectivity index (χ2n) is 4.48. The summed E-state index contributed by atoms with van der Waals surface area (Å²) in [5, 5.41) is 8.99. The summed E-state index contributed by atoms with van der Waals surface area (Å²) in [6.45, 7) is 1.74. The van der Waals surface area contributed by atoms with Crippen molar-refractivity contribution >= 4 is 17.5 Å². The molecular formula is C12H20N4O2. The Balaban J connectivity index is 2.76. The van der Waals surface area contributed by atoms with Gasteiger partial charge in [-0.05, 0) is 33.1 Å². The summed E-state index contributed by atoms with van der Waals surface area (Å²) in [6, 6.07) is 1.41. The highest BCUT2D eigenvalue weighted by molar-refractivity contribution is 5.96. The third-order valence-electron chi connectivity index (χ3n) is 2.66. The van der Waals surface area contributed by atoms with Crippen molar-refractivity contribution in [2.24, 2.45) is 0 Å². The Morgan fingerprint density at radius 3 is 2.61 bits per heavy atom. The van der Waals surface area contributed by atoms with Gasteiger partial charge in [-0.3, -0.25) is 0 Å². The summed E-state index contributed by atoms with van der Waals surface area (Å²) in [6.07, 6.45) is 2.43. The number of hydrogen-bond donors (Lipinski definition) is 2. The van der Waals surface area contributed by atoms with E-state index in [0.29, 0.717) is 5.82 Å². The number of anilines is 2. The summed E-state index contributed by atoms with van der Waals surface area (Å²) in [4.78, 5) is 19.1. The summed E-state index contributed by atoms with van der Waals surface area (Å²) in [7, 11) is 5.88. The molecule has 0 spiro atoms. The van der Waals surface area contributed by atoms with E-state index >= 15 is 0 Å². The smallest absolute Gasteiger partial charge is 0.337 e. The van der Waals surface area contributed by atoms with Crippen LogP contribution in [0.1, 0.15) is 16.8 Å². The summed E-state index contributed by atoms with van der Waals surface area (Å²) in [5.74, 6) is -0.508. The molecule has 0 aliphatic carbocycles. The predicted molar refractivity (Wildman–Crippen MR) is 72.0 cm³/mol. The molecule has 0 amide bonds. The number of aromatic carboxylic acids is 1. The van der Waals surface area contributed by atoms with Crippen molar-refractivity contribution in [2.75, 3.05) is 44.9 Å². The van der Waals surface area contributed by atoms with Crippen molar-refractivity contribution < 1.29 is 9.90 Å². The number of carbonyl (C=O) groups is 1. The van der Waals surface area contributed by atoms with Gasteiger partial charge in [0.15, 0.2) is 5.82 Å². The van der Waals surface area contributed by atoms with Crippen molar-refractivity contribution in [3.63, 3.8) is 0 Å². The minimum atomic E-state index is -1.03. The lowest BCUT2D eigenvalue weighted by atomic mass is 10.2. The second-order valence-corrected chi connectivity index (χ2v) is 4.48. The van der Waals surface area contributed by atoms with Crippen LogP contribution in [0.4, 0.5) is 11.5 Å². The van der Waals surface area contributed by atoms with Gasteiger partial charge in [0.1, 0.15) is 0 Å². The first kappa shape index (κ1) is 14.2. The topological polar surface area (TPSA) is 82.7 Å². The number of rotatable bonds is 6. The van der Waals surface area contributed by atoms with E-state index in [-0.39, 0.29) is 11.3 Å². The summed E-state index contributed by atoms with van der Waals surface area (Å²) in [5.41, 5.74) is 6.14. The second kappa shape index (κ2) is 6.20. The lowest BCUT2D eigenvalue weighted by Gasteiger charge is -2.21. The van der Waals surface area contributed by atoms with Gasteiger partial charge in [-0.15, -0.1) is 0 Å². The van der Waals surface area contributed by atoms with Crippen LogP contribution in [-0.4, -0.2) is 55.2 Å². The third kappa shape index (κ3) is 3.59. The lowest BCUT2D eigenvalue weighted by molar-refractivity contribution is 0.0698. The fourth-order valence-electron chi connectivity index (χ4n) is 1.68. The van der Waals surface area contributed by atoms with Crippen LogP contribution >= 0.6 is 0 Å². The van der Waals surface area contributed by atoms with Crippen molar-refractivity contribution in [3.05, 3.63) is 17.8 Å². The number of hydrogen-bond acceptors (Lipinski definition) is 5. The Bertz CT molecular complexity index is 421. The Morgan fingerprint density at radius 2 is 2.06 bits per heavy atom. The molecular weight excluding hydrogens is 232 g/mol. The number of nitrogen functional groups attached to an aromatic ring is 1. The molecule has 18 heavy (non-hydrogen) atoms. The number of aromatic nitrogens is 1. The number of nitrogens with zero attached hydrogens (tertiary/aromatic N) is 3. The van der Waals surface area contributed by atoms with E-state index in [1.807, 2.05) is 26.0 Å². The molecule has 100 valence electrons. The maximum atomic E-state index is 11.0. The van der Waals surface area contributed by atoms with Gasteiger partial charge in [0.05, 0.1) is 11.3 Å². The Morgan fingerprint density at radius 1 is 1.39 bits per heavy atom. The van der Waals surface area contributed by atoms with E-state index in [1.54, 1.807) is 0 Å². The van der Waals surface area contributed by atoms with E-state index in [9.17, 15) is 4.79 Å². The predicted octanol–water partition coefficient (Wildman–Crippen LogP) is 0.750. The van der Waals surface area contributed by atoms with Gasteiger partial charge in [-0.1, -0.05) is 0 Å². The van der Waals surface area contributed by atoms with Crippen LogP contribution in [0.15, 0.2) is 12.3 Å². The fraction of sp³-hybridized carbons (Fsp3) is 0.500. The van der Waals surface area contributed by atoms with Crippen LogP contribution in [0.2, 0.25) is 0 Å². The standard InChI is InChI=1S/C12H20N4O2/c1-15(2)7-4-8-16(3)11-10(13)9(12(17)18)5-6-14-11/h5-6H,4,7-8,13H2,1-3H3,(H,17,18). The zero-order valence-electron chi connectivity index (χ0n) is 11.1. The summed E-state index contributed by atoms with van der Waals surface area (Å²) >= 11 is 0. The van der Waals surface area contributed by atoms with Crippen molar-refractivity contribution in [1.82, 2.24) is 9.88 Å². The normalized spacial score (nSPS) is 10.7. The van der Waals surface area contributed by atoms with Crippen LogP contribution in [-0.2, 0) is 0 Å². The van der Waals surface area contributed by atoms with Gasteiger partial charge in [-0.25, -0.2) is 9.78 Å². The first-order chi connectivity index (χ1) is 8.43. The molecule has 0 bridgehead atoms. The van der Waals surface area contributed by atoms with Gasteiger partial charge in [0, 0.05) is 19.8 Å². The number of pyridine rings is 1. The van der Waals surface area contributed by atoms with Gasteiger partial charge in [-0.2, -0.15) is 0 Å². The zero-order chi connectivity index (χ0) is 13.7. The van der Waals surface area contributed by atoms with E-state index < -0.39 is 5.97 Å². The maximum Gasteiger partial charge on any atom is 0.337 e. The third-order valence-corrected chi connectivity index (χ3v) is 2.66. The molecule has 3 N–H and O–H groups in total. The molecule has 6 nitrogen and oxygen atoms in total. The van der Waals surface area contributed by atoms with E-state index in [0.717, 1.165) is 19.5 Å². The molecule has 0 saturated carbocycles. The van der Waals surface area contributed by atoms with E-state index in [1.165, 1.54) is 12.3 Å². The molecule has 1 aromatic rings. The van der Waals surface area contributed by atoms with Crippen molar-refractivity contribution in [1.29, 1.82) is 0 Å². The number of nitrogens with two attached hydrogens (primary N) is 1. The highest BCUT2D eigenvalue weighted by Crippen LogP contribution is 2.22. The first-order valence-electron chi connectivity index (χ1n) is 5.77. The van der Waals surface area contributed by atoms with Gasteiger partial charge < -0.3 is 20.6 Å². The number of carboxylic acids is 1. The maximum absolute atomic E-state index is 11.0. The quantitative estimate of drug-likeness (QED) is 0.777. The molecule has 0 saturated heterocycles. The molecule has 0 atom stereocenters. The highest BCUT2D eigenvalue weighted by Gasteiger charge is 2.14.